The fourth-order valence-corrected chi connectivity index (χ4v) is 2.02. The number of carbonyl (C=O) groups excluding carboxylic acids is 1. The molecule has 0 amide bonds. The van der Waals surface area contributed by atoms with Crippen LogP contribution < -0.4 is 4.57 Å². The molecule has 0 fully saturated rings. The van der Waals surface area contributed by atoms with E-state index in [1.165, 1.54) is 0 Å². The molecule has 3 heteroatoms. The molecule has 0 unspecified atom stereocenters. The van der Waals surface area contributed by atoms with Gasteiger partial charge in [0.1, 0.15) is 0 Å². The minimum Gasteiger partial charge on any atom is -0.287 e. The third-order valence-corrected chi connectivity index (χ3v) is 3.02. The van der Waals surface area contributed by atoms with E-state index < -0.39 is 0 Å². The zero-order chi connectivity index (χ0) is 13.9. The van der Waals surface area contributed by atoms with Gasteiger partial charge in [-0.25, -0.2) is 0 Å². The first-order valence-corrected chi connectivity index (χ1v) is 6.40. The molecule has 0 bridgehead atoms. The molecular formula is C16H19N2O+. The second-order valence-electron chi connectivity index (χ2n) is 5.63. The van der Waals surface area contributed by atoms with Gasteiger partial charge in [-0.2, -0.15) is 4.57 Å². The molecule has 19 heavy (non-hydrogen) atoms. The summed E-state index contributed by atoms with van der Waals surface area (Å²) in [5, 5.41) is 0. The Labute approximate surface area is 113 Å². The van der Waals surface area contributed by atoms with E-state index in [9.17, 15) is 4.79 Å². The molecule has 1 heterocycles. The largest absolute Gasteiger partial charge is 0.287 e. The van der Waals surface area contributed by atoms with Gasteiger partial charge in [-0.1, -0.05) is 51.1 Å². The van der Waals surface area contributed by atoms with Gasteiger partial charge in [0, 0.05) is 11.0 Å². The maximum Gasteiger partial charge on any atom is 0.227 e. The average molecular weight is 255 g/mol. The van der Waals surface area contributed by atoms with Crippen LogP contribution in [-0.4, -0.2) is 10.8 Å². The monoisotopic (exact) mass is 255 g/mol. The Morgan fingerprint density at radius 3 is 2.53 bits per heavy atom. The van der Waals surface area contributed by atoms with Crippen LogP contribution in [0, 0.1) is 0 Å². The second-order valence-corrected chi connectivity index (χ2v) is 5.63. The Kier molecular flexibility index (Phi) is 3.74. The van der Waals surface area contributed by atoms with Crippen LogP contribution in [0.1, 0.15) is 36.8 Å². The number of hydrogen-bond donors (Lipinski definition) is 0. The minimum absolute atomic E-state index is 0.0365. The molecular weight excluding hydrogens is 236 g/mol. The Balaban J connectivity index is 2.28. The quantitative estimate of drug-likeness (QED) is 0.624. The summed E-state index contributed by atoms with van der Waals surface area (Å²) in [7, 11) is 0. The number of Topliss-reactive ketones (excluding diaryl/α,β-unsaturated/α-hetero) is 1. The summed E-state index contributed by atoms with van der Waals surface area (Å²) in [4.78, 5) is 16.4. The van der Waals surface area contributed by atoms with Crippen molar-refractivity contribution in [1.82, 2.24) is 4.98 Å². The third kappa shape index (κ3) is 3.25. The molecule has 0 N–H and O–H groups in total. The lowest BCUT2D eigenvalue weighted by Crippen LogP contribution is -2.45. The van der Waals surface area contributed by atoms with E-state index in [0.29, 0.717) is 6.54 Å². The highest BCUT2D eigenvalue weighted by molar-refractivity contribution is 5.94. The Hall–Kier alpha value is -2.03. The van der Waals surface area contributed by atoms with Crippen LogP contribution >= 0.6 is 0 Å². The maximum absolute atomic E-state index is 12.3. The average Bonchev–Trinajstić information content (AvgIpc) is 2.39. The van der Waals surface area contributed by atoms with E-state index in [1.807, 2.05) is 47.3 Å². The standard InChI is InChI=1S/C16H19N2O/c1-16(2,3)15-11-17-9-10-18(15)12-14(19)13-7-5-4-6-8-13/h4-11H,12H2,1-3H3/q+1. The van der Waals surface area contributed by atoms with E-state index in [4.69, 9.17) is 0 Å². The van der Waals surface area contributed by atoms with Gasteiger partial charge in [0.25, 0.3) is 0 Å². The van der Waals surface area contributed by atoms with Gasteiger partial charge in [0.05, 0.1) is 12.4 Å². The van der Waals surface area contributed by atoms with Gasteiger partial charge in [-0.15, -0.1) is 0 Å². The van der Waals surface area contributed by atoms with Crippen molar-refractivity contribution in [2.24, 2.45) is 0 Å². The smallest absolute Gasteiger partial charge is 0.227 e. The van der Waals surface area contributed by atoms with Crippen molar-refractivity contribution >= 4 is 5.78 Å². The van der Waals surface area contributed by atoms with Crippen LogP contribution in [0.3, 0.4) is 0 Å². The lowest BCUT2D eigenvalue weighted by atomic mass is 9.92. The number of carbonyl (C=O) groups is 1. The number of benzene rings is 1. The van der Waals surface area contributed by atoms with Crippen molar-refractivity contribution in [2.45, 2.75) is 32.7 Å². The molecule has 3 nitrogen and oxygen atoms in total. The van der Waals surface area contributed by atoms with Gasteiger partial charge in [-0.05, 0) is 0 Å². The summed E-state index contributed by atoms with van der Waals surface area (Å²) in [5.41, 5.74) is 1.76. The minimum atomic E-state index is -0.0365. The summed E-state index contributed by atoms with van der Waals surface area (Å²) >= 11 is 0. The van der Waals surface area contributed by atoms with Crippen molar-refractivity contribution in [3.8, 4) is 0 Å². The van der Waals surface area contributed by atoms with Gasteiger partial charge >= 0.3 is 0 Å². The first kappa shape index (κ1) is 13.4. The molecule has 0 aliphatic carbocycles. The molecule has 0 spiro atoms. The zero-order valence-electron chi connectivity index (χ0n) is 11.6. The van der Waals surface area contributed by atoms with Gasteiger partial charge in [-0.3, -0.25) is 9.78 Å². The molecule has 1 aromatic carbocycles. The summed E-state index contributed by atoms with van der Waals surface area (Å²) in [6, 6.07) is 9.38. The molecule has 2 aromatic rings. The normalized spacial score (nSPS) is 11.3. The number of hydrogen-bond acceptors (Lipinski definition) is 2. The molecule has 0 aliphatic rings. The number of ketones is 1. The zero-order valence-corrected chi connectivity index (χ0v) is 11.6. The highest BCUT2D eigenvalue weighted by Crippen LogP contribution is 2.17. The highest BCUT2D eigenvalue weighted by Gasteiger charge is 2.26. The number of aromatic nitrogens is 2. The highest BCUT2D eigenvalue weighted by atomic mass is 16.1. The topological polar surface area (TPSA) is 33.8 Å². The fourth-order valence-electron chi connectivity index (χ4n) is 2.02. The maximum atomic E-state index is 12.3. The molecule has 0 aliphatic heterocycles. The number of rotatable bonds is 3. The van der Waals surface area contributed by atoms with Crippen LogP contribution in [-0.2, 0) is 12.0 Å². The van der Waals surface area contributed by atoms with Crippen molar-refractivity contribution < 1.29 is 9.36 Å². The lowest BCUT2D eigenvalue weighted by molar-refractivity contribution is -0.694. The third-order valence-electron chi connectivity index (χ3n) is 3.02. The Bertz CT molecular complexity index is 571. The van der Waals surface area contributed by atoms with Gasteiger partial charge in [0.15, 0.2) is 6.20 Å². The van der Waals surface area contributed by atoms with E-state index in [1.54, 1.807) is 6.20 Å². The summed E-state index contributed by atoms with van der Waals surface area (Å²) in [5.74, 6) is 0.113. The van der Waals surface area contributed by atoms with Crippen molar-refractivity contribution in [1.29, 1.82) is 0 Å². The van der Waals surface area contributed by atoms with Crippen LogP contribution in [0.5, 0.6) is 0 Å². The molecule has 0 saturated carbocycles. The van der Waals surface area contributed by atoms with Crippen molar-refractivity contribution in [3.63, 3.8) is 0 Å². The van der Waals surface area contributed by atoms with Crippen LogP contribution in [0.15, 0.2) is 48.9 Å². The fraction of sp³-hybridized carbons (Fsp3) is 0.312. The summed E-state index contributed by atoms with van der Waals surface area (Å²) in [6.07, 6.45) is 5.41. The van der Waals surface area contributed by atoms with Crippen LogP contribution in [0.25, 0.3) is 0 Å². The van der Waals surface area contributed by atoms with E-state index in [2.05, 4.69) is 25.8 Å². The van der Waals surface area contributed by atoms with Crippen molar-refractivity contribution in [2.75, 3.05) is 0 Å². The predicted molar refractivity (Wildman–Crippen MR) is 73.9 cm³/mol. The molecule has 1 aromatic heterocycles. The Morgan fingerprint density at radius 2 is 1.89 bits per heavy atom. The molecule has 0 radical (unpaired) electrons. The molecule has 0 saturated heterocycles. The van der Waals surface area contributed by atoms with E-state index in [-0.39, 0.29) is 11.2 Å². The predicted octanol–water partition coefficient (Wildman–Crippen LogP) is 2.55. The van der Waals surface area contributed by atoms with Gasteiger partial charge < -0.3 is 0 Å². The first-order chi connectivity index (χ1) is 8.98. The molecule has 98 valence electrons. The van der Waals surface area contributed by atoms with E-state index in [0.717, 1.165) is 11.3 Å². The van der Waals surface area contributed by atoms with E-state index >= 15 is 0 Å². The van der Waals surface area contributed by atoms with Crippen molar-refractivity contribution in [3.05, 3.63) is 60.2 Å². The molecule has 0 atom stereocenters. The lowest BCUT2D eigenvalue weighted by Gasteiger charge is -2.15. The summed E-state index contributed by atoms with van der Waals surface area (Å²) < 4.78 is 1.97. The number of nitrogens with zero attached hydrogens (tertiary/aromatic N) is 2. The van der Waals surface area contributed by atoms with Gasteiger partial charge in [0.2, 0.25) is 18.0 Å². The molecule has 2 rings (SSSR count). The van der Waals surface area contributed by atoms with Crippen LogP contribution in [0.2, 0.25) is 0 Å². The Morgan fingerprint density at radius 1 is 1.21 bits per heavy atom. The summed E-state index contributed by atoms with van der Waals surface area (Å²) in [6.45, 7) is 6.70. The SMILES string of the molecule is CC(C)(C)c1cncc[n+]1CC(=O)c1ccccc1. The van der Waals surface area contributed by atoms with Crippen LogP contribution in [0.4, 0.5) is 0 Å². The second kappa shape index (κ2) is 5.31. The first-order valence-electron chi connectivity index (χ1n) is 6.40.